The van der Waals surface area contributed by atoms with Gasteiger partial charge >= 0.3 is 6.03 Å². The van der Waals surface area contributed by atoms with Crippen LogP contribution in [0.15, 0.2) is 59.1 Å². The number of imide groups is 1. The number of benzene rings is 2. The first-order chi connectivity index (χ1) is 14.5. The second-order valence-electron chi connectivity index (χ2n) is 7.89. The molecule has 0 radical (unpaired) electrons. The van der Waals surface area contributed by atoms with E-state index in [1.807, 2.05) is 54.6 Å². The van der Waals surface area contributed by atoms with E-state index in [1.165, 1.54) is 4.90 Å². The van der Waals surface area contributed by atoms with Gasteiger partial charge in [0.2, 0.25) is 5.91 Å². The van der Waals surface area contributed by atoms with Crippen molar-refractivity contribution in [1.29, 1.82) is 0 Å². The topological polar surface area (TPSA) is 78.5 Å². The summed E-state index contributed by atoms with van der Waals surface area (Å²) in [6.45, 7) is 0.0834. The van der Waals surface area contributed by atoms with Crippen LogP contribution in [0.4, 0.5) is 4.79 Å². The lowest BCUT2D eigenvalue weighted by atomic mass is 9.98. The molecule has 1 aliphatic heterocycles. The smallest absolute Gasteiger partial charge is 0.325 e. The summed E-state index contributed by atoms with van der Waals surface area (Å²) < 4.78 is 0.962. The molecule has 1 heterocycles. The van der Waals surface area contributed by atoms with Crippen molar-refractivity contribution in [3.05, 3.63) is 70.2 Å². The number of nitrogens with one attached hydrogen (secondary N) is 2. The number of halogens is 1. The van der Waals surface area contributed by atoms with Gasteiger partial charge in [-0.25, -0.2) is 4.79 Å². The van der Waals surface area contributed by atoms with Gasteiger partial charge < -0.3 is 10.6 Å². The van der Waals surface area contributed by atoms with Crippen LogP contribution in [0.5, 0.6) is 0 Å². The molecule has 2 aromatic rings. The highest BCUT2D eigenvalue weighted by atomic mass is 79.9. The number of rotatable bonds is 6. The maximum absolute atomic E-state index is 12.8. The van der Waals surface area contributed by atoms with E-state index in [4.69, 9.17) is 0 Å². The van der Waals surface area contributed by atoms with Crippen molar-refractivity contribution in [3.8, 4) is 0 Å². The summed E-state index contributed by atoms with van der Waals surface area (Å²) in [6.07, 6.45) is 3.30. The summed E-state index contributed by atoms with van der Waals surface area (Å²) in [5.74, 6) is -0.398. The molecule has 2 N–H and O–H groups in total. The molecule has 4 amide bonds. The van der Waals surface area contributed by atoms with E-state index in [1.54, 1.807) is 0 Å². The van der Waals surface area contributed by atoms with Gasteiger partial charge in [0.15, 0.2) is 0 Å². The monoisotopic (exact) mass is 469 g/mol. The van der Waals surface area contributed by atoms with Gasteiger partial charge in [0.05, 0.1) is 6.04 Å². The molecule has 1 saturated heterocycles. The molecule has 2 aromatic carbocycles. The summed E-state index contributed by atoms with van der Waals surface area (Å²) in [5.41, 5.74) is 1.18. The average molecular weight is 470 g/mol. The van der Waals surface area contributed by atoms with Gasteiger partial charge in [-0.15, -0.1) is 0 Å². The lowest BCUT2D eigenvalue weighted by Gasteiger charge is -2.22. The van der Waals surface area contributed by atoms with Crippen LogP contribution in [0.25, 0.3) is 0 Å². The van der Waals surface area contributed by atoms with Gasteiger partial charge in [-0.1, -0.05) is 71.2 Å². The lowest BCUT2D eigenvalue weighted by Crippen LogP contribution is -2.44. The second kappa shape index (κ2) is 8.60. The fraction of sp³-hybridized carbons (Fsp3) is 0.348. The molecule has 2 aliphatic rings. The maximum Gasteiger partial charge on any atom is 0.325 e. The highest BCUT2D eigenvalue weighted by Crippen LogP contribution is 2.35. The Balaban J connectivity index is 1.44. The quantitative estimate of drug-likeness (QED) is 0.629. The minimum atomic E-state index is -0.739. The molecule has 6 nitrogen and oxygen atoms in total. The molecular weight excluding hydrogens is 446 g/mol. The number of hydrogen-bond acceptors (Lipinski definition) is 3. The summed E-state index contributed by atoms with van der Waals surface area (Å²) in [7, 11) is 0. The molecule has 1 atom stereocenters. The minimum Gasteiger partial charge on any atom is -0.345 e. The minimum absolute atomic E-state index is 0.0646. The van der Waals surface area contributed by atoms with Crippen LogP contribution in [-0.2, 0) is 9.59 Å². The van der Waals surface area contributed by atoms with Gasteiger partial charge in [0.1, 0.15) is 5.54 Å². The van der Waals surface area contributed by atoms with Gasteiger partial charge in [-0.3, -0.25) is 14.5 Å². The molecule has 0 aromatic heterocycles. The van der Waals surface area contributed by atoms with E-state index >= 15 is 0 Å². The average Bonchev–Trinajstić information content (AvgIpc) is 3.31. The van der Waals surface area contributed by atoms with Gasteiger partial charge in [0, 0.05) is 17.4 Å². The van der Waals surface area contributed by atoms with Crippen molar-refractivity contribution in [1.82, 2.24) is 15.5 Å². The second-order valence-corrected chi connectivity index (χ2v) is 8.80. The van der Waals surface area contributed by atoms with E-state index in [9.17, 15) is 14.4 Å². The van der Waals surface area contributed by atoms with Crippen LogP contribution in [0.3, 0.4) is 0 Å². The number of nitrogens with zero attached hydrogens (tertiary/aromatic N) is 1. The third-order valence-electron chi connectivity index (χ3n) is 5.91. The molecule has 7 heteroatoms. The predicted molar refractivity (Wildman–Crippen MR) is 117 cm³/mol. The zero-order valence-corrected chi connectivity index (χ0v) is 18.2. The van der Waals surface area contributed by atoms with Crippen LogP contribution in [0, 0.1) is 0 Å². The molecule has 156 valence electrons. The van der Waals surface area contributed by atoms with E-state index < -0.39 is 5.54 Å². The Hall–Kier alpha value is -2.67. The lowest BCUT2D eigenvalue weighted by molar-refractivity contribution is -0.131. The number of carbonyl (C=O) groups excluding carboxylic acids is 3. The van der Waals surface area contributed by atoms with Crippen molar-refractivity contribution in [2.24, 2.45) is 0 Å². The molecule has 1 aliphatic carbocycles. The normalized spacial score (nSPS) is 18.5. The molecule has 1 unspecified atom stereocenters. The molecule has 30 heavy (non-hydrogen) atoms. The fourth-order valence-electron chi connectivity index (χ4n) is 4.30. The van der Waals surface area contributed by atoms with Crippen LogP contribution in [0.2, 0.25) is 0 Å². The van der Waals surface area contributed by atoms with Gasteiger partial charge in [0.25, 0.3) is 5.91 Å². The van der Waals surface area contributed by atoms with Gasteiger partial charge in [-0.05, 0) is 36.1 Å². The molecule has 1 saturated carbocycles. The Labute approximate surface area is 184 Å². The van der Waals surface area contributed by atoms with E-state index in [2.05, 4.69) is 26.6 Å². The summed E-state index contributed by atoms with van der Waals surface area (Å²) >= 11 is 3.44. The van der Waals surface area contributed by atoms with Crippen molar-refractivity contribution < 1.29 is 14.4 Å². The third-order valence-corrected chi connectivity index (χ3v) is 6.44. The van der Waals surface area contributed by atoms with Crippen LogP contribution in [0.1, 0.15) is 49.3 Å². The number of carbonyl (C=O) groups is 3. The van der Waals surface area contributed by atoms with Crippen molar-refractivity contribution in [2.75, 3.05) is 6.54 Å². The molecule has 4 rings (SSSR count). The van der Waals surface area contributed by atoms with Crippen LogP contribution < -0.4 is 10.6 Å². The maximum atomic E-state index is 12.8. The highest BCUT2D eigenvalue weighted by molar-refractivity contribution is 9.10. The molecule has 0 bridgehead atoms. The van der Waals surface area contributed by atoms with Crippen molar-refractivity contribution >= 4 is 33.8 Å². The summed E-state index contributed by atoms with van der Waals surface area (Å²) in [6, 6.07) is 16.8. The zero-order chi connectivity index (χ0) is 21.1. The Bertz CT molecular complexity index is 940. The predicted octanol–water partition coefficient (Wildman–Crippen LogP) is 3.91. The molecule has 1 spiro atoms. The summed E-state index contributed by atoms with van der Waals surface area (Å²) in [4.78, 5) is 39.0. The molecular formula is C23H24BrN3O3. The number of urea groups is 1. The highest BCUT2D eigenvalue weighted by Gasteiger charge is 2.52. The van der Waals surface area contributed by atoms with Crippen LogP contribution in [-0.4, -0.2) is 34.8 Å². The number of amides is 4. The van der Waals surface area contributed by atoms with Crippen molar-refractivity contribution in [3.63, 3.8) is 0 Å². The Morgan fingerprint density at radius 3 is 2.33 bits per heavy atom. The van der Waals surface area contributed by atoms with Gasteiger partial charge in [-0.2, -0.15) is 0 Å². The first-order valence-electron chi connectivity index (χ1n) is 10.2. The van der Waals surface area contributed by atoms with E-state index in [0.717, 1.165) is 28.4 Å². The standard InChI is InChI=1S/C23H24BrN3O3/c24-18-10-8-17(9-11-18)20(16-6-2-1-3-7-16)25-19(28)12-15-27-21(29)23(26-22(27)30)13-4-5-14-23/h1-3,6-11,20H,4-5,12-15H2,(H,25,28)(H,26,30). The summed E-state index contributed by atoms with van der Waals surface area (Å²) in [5, 5.41) is 5.91. The fourth-order valence-corrected chi connectivity index (χ4v) is 4.57. The number of hydrogen-bond donors (Lipinski definition) is 2. The first-order valence-corrected chi connectivity index (χ1v) is 11.0. The molecule has 2 fully saturated rings. The first kappa shape index (κ1) is 20.6. The van der Waals surface area contributed by atoms with E-state index in [0.29, 0.717) is 12.8 Å². The SMILES string of the molecule is O=C(CCN1C(=O)NC2(CCCC2)C1=O)NC(c1ccccc1)c1ccc(Br)cc1. The largest absolute Gasteiger partial charge is 0.345 e. The Kier molecular flexibility index (Phi) is 5.90. The zero-order valence-electron chi connectivity index (χ0n) is 16.6. The van der Waals surface area contributed by atoms with Crippen molar-refractivity contribution in [2.45, 2.75) is 43.7 Å². The van der Waals surface area contributed by atoms with Crippen LogP contribution >= 0.6 is 15.9 Å². The Morgan fingerprint density at radius 1 is 1.03 bits per heavy atom. The third kappa shape index (κ3) is 4.12. The van der Waals surface area contributed by atoms with E-state index in [-0.39, 0.29) is 36.9 Å². The Morgan fingerprint density at radius 2 is 1.67 bits per heavy atom.